The second-order valence-electron chi connectivity index (χ2n) is 7.08. The van der Waals surface area contributed by atoms with Crippen molar-refractivity contribution in [2.24, 2.45) is 5.10 Å². The molecule has 9 heteroatoms. The Hall–Kier alpha value is -3.07. The number of benzene rings is 2. The maximum atomic E-state index is 13.7. The summed E-state index contributed by atoms with van der Waals surface area (Å²) in [6.07, 6.45) is -6.00. The molecule has 2 aromatic carbocycles. The summed E-state index contributed by atoms with van der Waals surface area (Å²) in [6.45, 7) is 2.95. The molecule has 1 amide bonds. The van der Waals surface area contributed by atoms with Gasteiger partial charge in [0.1, 0.15) is 11.5 Å². The van der Waals surface area contributed by atoms with E-state index in [-0.39, 0.29) is 10.7 Å². The molecule has 160 valence electrons. The van der Waals surface area contributed by atoms with E-state index in [0.29, 0.717) is 17.1 Å². The summed E-state index contributed by atoms with van der Waals surface area (Å²) in [6, 6.07) is 11.3. The summed E-state index contributed by atoms with van der Waals surface area (Å²) in [4.78, 5) is 12.5. The van der Waals surface area contributed by atoms with Gasteiger partial charge in [-0.15, -0.1) is 0 Å². The first-order valence-electron chi connectivity index (χ1n) is 9.08. The van der Waals surface area contributed by atoms with Crippen LogP contribution >= 0.6 is 0 Å². The molecular formula is C21H21F3N2O4. The summed E-state index contributed by atoms with van der Waals surface area (Å²) in [5, 5.41) is 14.2. The van der Waals surface area contributed by atoms with Gasteiger partial charge in [0, 0.05) is 0 Å². The smallest absolute Gasteiger partial charge is 0.438 e. The van der Waals surface area contributed by atoms with Crippen molar-refractivity contribution in [3.63, 3.8) is 0 Å². The minimum absolute atomic E-state index is 0.0647. The fraction of sp³-hybridized carbons (Fsp3) is 0.333. The van der Waals surface area contributed by atoms with Crippen LogP contribution in [0.5, 0.6) is 11.5 Å². The van der Waals surface area contributed by atoms with Crippen molar-refractivity contribution >= 4 is 11.6 Å². The minimum Gasteiger partial charge on any atom is -0.497 e. The molecule has 0 aliphatic carbocycles. The lowest BCUT2D eigenvalue weighted by molar-refractivity contribution is -0.302. The predicted molar refractivity (Wildman–Crippen MR) is 103 cm³/mol. The van der Waals surface area contributed by atoms with Crippen LogP contribution in [0.2, 0.25) is 0 Å². The third-order valence-electron chi connectivity index (χ3n) is 4.66. The van der Waals surface area contributed by atoms with Crippen molar-refractivity contribution in [3.8, 4) is 11.5 Å². The van der Waals surface area contributed by atoms with Gasteiger partial charge < -0.3 is 14.6 Å². The highest BCUT2D eigenvalue weighted by molar-refractivity contribution is 6.03. The van der Waals surface area contributed by atoms with E-state index >= 15 is 0 Å². The van der Waals surface area contributed by atoms with Crippen molar-refractivity contribution in [1.82, 2.24) is 5.01 Å². The lowest BCUT2D eigenvalue weighted by Gasteiger charge is -2.32. The highest BCUT2D eigenvalue weighted by atomic mass is 19.4. The zero-order chi connectivity index (χ0) is 22.1. The molecule has 0 radical (unpaired) electrons. The zero-order valence-electron chi connectivity index (χ0n) is 16.7. The van der Waals surface area contributed by atoms with E-state index in [2.05, 4.69) is 5.10 Å². The molecule has 1 heterocycles. The van der Waals surface area contributed by atoms with Gasteiger partial charge in [-0.1, -0.05) is 6.07 Å². The number of hydrazone groups is 1. The lowest BCUT2D eigenvalue weighted by Crippen LogP contribution is -2.57. The highest BCUT2D eigenvalue weighted by Crippen LogP contribution is 2.41. The average molecular weight is 422 g/mol. The second-order valence-corrected chi connectivity index (χ2v) is 7.08. The Morgan fingerprint density at radius 2 is 1.73 bits per heavy atom. The van der Waals surface area contributed by atoms with Crippen LogP contribution in [0.1, 0.15) is 23.1 Å². The summed E-state index contributed by atoms with van der Waals surface area (Å²) in [5.41, 5.74) is -1.43. The van der Waals surface area contributed by atoms with Crippen LogP contribution in [0.25, 0.3) is 0 Å². The Morgan fingerprint density at radius 3 is 2.27 bits per heavy atom. The molecule has 0 spiro atoms. The third kappa shape index (κ3) is 4.25. The number of methoxy groups -OCH3 is 1. The highest BCUT2D eigenvalue weighted by Gasteiger charge is 2.63. The van der Waals surface area contributed by atoms with Crippen molar-refractivity contribution in [3.05, 3.63) is 59.2 Å². The summed E-state index contributed by atoms with van der Waals surface area (Å²) in [7, 11) is 1.46. The molecular weight excluding hydrogens is 401 g/mol. The number of carbonyl (C=O) groups is 1. The normalized spacial score (nSPS) is 18.9. The lowest BCUT2D eigenvalue weighted by atomic mass is 10.0. The number of amides is 1. The number of nitrogens with zero attached hydrogens (tertiary/aromatic N) is 2. The molecule has 1 aliphatic heterocycles. The molecule has 2 aromatic rings. The molecule has 1 aliphatic rings. The number of halogens is 3. The number of ether oxygens (including phenoxy) is 2. The van der Waals surface area contributed by atoms with E-state index in [9.17, 15) is 23.1 Å². The molecule has 0 bridgehead atoms. The monoisotopic (exact) mass is 422 g/mol. The third-order valence-corrected chi connectivity index (χ3v) is 4.66. The van der Waals surface area contributed by atoms with Crippen LogP contribution in [-0.2, 0) is 4.79 Å². The van der Waals surface area contributed by atoms with Gasteiger partial charge in [0.05, 0.1) is 19.2 Å². The van der Waals surface area contributed by atoms with Crippen LogP contribution in [-0.4, -0.2) is 47.4 Å². The molecule has 0 aromatic heterocycles. The van der Waals surface area contributed by atoms with Crippen LogP contribution in [0.4, 0.5) is 13.2 Å². The van der Waals surface area contributed by atoms with E-state index in [1.54, 1.807) is 24.3 Å². The topological polar surface area (TPSA) is 71.4 Å². The molecule has 30 heavy (non-hydrogen) atoms. The first-order chi connectivity index (χ1) is 14.0. The maximum Gasteiger partial charge on any atom is 0.438 e. The van der Waals surface area contributed by atoms with E-state index in [4.69, 9.17) is 9.47 Å². The Labute approximate surface area is 171 Å². The zero-order valence-corrected chi connectivity index (χ0v) is 16.7. The number of hydrogen-bond acceptors (Lipinski definition) is 5. The standard InChI is InChI=1S/C21H21F3N2O4/c1-13-8-14(2)10-17(9-13)30-12-19(27)26-20(28,21(22,23)24)11-18(25-26)15-4-6-16(29-3)7-5-15/h4-10,28H,11-12H2,1-3H3. The number of aryl methyl sites for hydroxylation is 2. The summed E-state index contributed by atoms with van der Waals surface area (Å²) in [5.74, 6) is -0.259. The molecule has 6 nitrogen and oxygen atoms in total. The quantitative estimate of drug-likeness (QED) is 0.800. The average Bonchev–Trinajstić information content (AvgIpc) is 3.04. The van der Waals surface area contributed by atoms with E-state index in [0.717, 1.165) is 11.1 Å². The van der Waals surface area contributed by atoms with Crippen molar-refractivity contribution in [1.29, 1.82) is 0 Å². The Balaban J connectivity index is 1.85. The van der Waals surface area contributed by atoms with Crippen molar-refractivity contribution in [2.75, 3.05) is 13.7 Å². The molecule has 0 saturated heterocycles. The largest absolute Gasteiger partial charge is 0.497 e. The molecule has 1 atom stereocenters. The van der Waals surface area contributed by atoms with Gasteiger partial charge in [0.25, 0.3) is 11.6 Å². The van der Waals surface area contributed by atoms with Gasteiger partial charge in [0.2, 0.25) is 0 Å². The first-order valence-corrected chi connectivity index (χ1v) is 9.08. The summed E-state index contributed by atoms with van der Waals surface area (Å²) >= 11 is 0. The number of aliphatic hydroxyl groups is 1. The van der Waals surface area contributed by atoms with E-state index in [1.165, 1.54) is 19.2 Å². The molecule has 3 rings (SSSR count). The predicted octanol–water partition coefficient (Wildman–Crippen LogP) is 3.58. The van der Waals surface area contributed by atoms with Gasteiger partial charge >= 0.3 is 6.18 Å². The van der Waals surface area contributed by atoms with Gasteiger partial charge in [-0.2, -0.15) is 23.3 Å². The number of alkyl halides is 3. The van der Waals surface area contributed by atoms with Gasteiger partial charge in [-0.25, -0.2) is 0 Å². The molecule has 0 saturated carbocycles. The maximum absolute atomic E-state index is 13.7. The number of hydrogen-bond donors (Lipinski definition) is 1. The molecule has 1 unspecified atom stereocenters. The van der Waals surface area contributed by atoms with Gasteiger partial charge in [-0.3, -0.25) is 4.79 Å². The first kappa shape index (κ1) is 21.6. The Bertz CT molecular complexity index is 953. The van der Waals surface area contributed by atoms with Gasteiger partial charge in [0.15, 0.2) is 6.61 Å². The Morgan fingerprint density at radius 1 is 1.13 bits per heavy atom. The minimum atomic E-state index is -5.11. The molecule has 1 N–H and O–H groups in total. The fourth-order valence-electron chi connectivity index (χ4n) is 3.20. The Kier molecular flexibility index (Phi) is 5.76. The summed E-state index contributed by atoms with van der Waals surface area (Å²) < 4.78 is 51.4. The van der Waals surface area contributed by atoms with Crippen LogP contribution in [0.15, 0.2) is 47.6 Å². The van der Waals surface area contributed by atoms with Crippen LogP contribution in [0.3, 0.4) is 0 Å². The van der Waals surface area contributed by atoms with E-state index < -0.39 is 30.8 Å². The van der Waals surface area contributed by atoms with Crippen molar-refractivity contribution in [2.45, 2.75) is 32.2 Å². The van der Waals surface area contributed by atoms with E-state index in [1.807, 2.05) is 19.9 Å². The SMILES string of the molecule is COc1ccc(C2=NN(C(=O)COc3cc(C)cc(C)c3)C(O)(C(F)(F)F)C2)cc1. The van der Waals surface area contributed by atoms with Crippen LogP contribution < -0.4 is 9.47 Å². The fourth-order valence-corrected chi connectivity index (χ4v) is 3.20. The second kappa shape index (κ2) is 7.98. The number of rotatable bonds is 5. The van der Waals surface area contributed by atoms with Crippen LogP contribution in [0, 0.1) is 13.8 Å². The number of carbonyl (C=O) groups excluding carboxylic acids is 1. The van der Waals surface area contributed by atoms with Gasteiger partial charge in [-0.05, 0) is 66.9 Å². The molecule has 0 fully saturated rings. The van der Waals surface area contributed by atoms with Crippen molar-refractivity contribution < 1.29 is 32.5 Å².